The van der Waals surface area contributed by atoms with Crippen LogP contribution in [0.25, 0.3) is 0 Å². The van der Waals surface area contributed by atoms with Crippen LogP contribution in [0.2, 0.25) is 5.02 Å². The first-order valence-corrected chi connectivity index (χ1v) is 7.08. The van der Waals surface area contributed by atoms with Crippen LogP contribution in [0.15, 0.2) is 60.3 Å². The normalized spacial score (nSPS) is 10.6. The molecule has 0 bridgehead atoms. The van der Waals surface area contributed by atoms with Crippen molar-refractivity contribution in [1.29, 1.82) is 5.26 Å². The lowest BCUT2D eigenvalue weighted by atomic mass is 10.2. The van der Waals surface area contributed by atoms with E-state index in [2.05, 4.69) is 10.6 Å². The van der Waals surface area contributed by atoms with E-state index in [0.29, 0.717) is 22.1 Å². The Morgan fingerprint density at radius 1 is 1.26 bits per heavy atom. The Hall–Kier alpha value is -2.97. The molecule has 2 rings (SSSR count). The van der Waals surface area contributed by atoms with Gasteiger partial charge in [-0.15, -0.1) is 0 Å². The molecule has 1 amide bonds. The summed E-state index contributed by atoms with van der Waals surface area (Å²) in [4.78, 5) is 12.1. The highest BCUT2D eigenvalue weighted by atomic mass is 35.5. The number of nitriles is 1. The molecule has 2 N–H and O–H groups in total. The molecule has 0 aliphatic carbocycles. The molecule has 23 heavy (non-hydrogen) atoms. The van der Waals surface area contributed by atoms with E-state index >= 15 is 0 Å². The SMILES string of the molecule is COc1ccccc1N/C=C(/C#N)C(=O)Nc1cccc(Cl)c1. The molecule has 0 atom stereocenters. The number of benzene rings is 2. The highest BCUT2D eigenvalue weighted by molar-refractivity contribution is 6.31. The molecule has 0 aliphatic rings. The number of nitrogens with zero attached hydrogens (tertiary/aromatic N) is 1. The van der Waals surface area contributed by atoms with Crippen molar-refractivity contribution in [3.8, 4) is 11.8 Å². The van der Waals surface area contributed by atoms with Gasteiger partial charge in [-0.05, 0) is 30.3 Å². The molecule has 0 fully saturated rings. The molecule has 0 saturated heterocycles. The van der Waals surface area contributed by atoms with E-state index in [1.54, 1.807) is 43.5 Å². The number of anilines is 2. The number of halogens is 1. The summed E-state index contributed by atoms with van der Waals surface area (Å²) >= 11 is 5.86. The van der Waals surface area contributed by atoms with Gasteiger partial charge in [0.25, 0.3) is 5.91 Å². The van der Waals surface area contributed by atoms with Crippen molar-refractivity contribution in [2.24, 2.45) is 0 Å². The number of rotatable bonds is 5. The van der Waals surface area contributed by atoms with Gasteiger partial charge < -0.3 is 15.4 Å². The van der Waals surface area contributed by atoms with Crippen molar-refractivity contribution in [1.82, 2.24) is 0 Å². The molecule has 2 aromatic rings. The van der Waals surface area contributed by atoms with E-state index in [4.69, 9.17) is 21.6 Å². The first-order chi connectivity index (χ1) is 11.1. The second-order valence-corrected chi connectivity index (χ2v) is 4.92. The number of para-hydroxylation sites is 2. The molecule has 0 unspecified atom stereocenters. The van der Waals surface area contributed by atoms with Crippen molar-refractivity contribution < 1.29 is 9.53 Å². The fourth-order valence-corrected chi connectivity index (χ4v) is 2.02. The Morgan fingerprint density at radius 2 is 2.04 bits per heavy atom. The van der Waals surface area contributed by atoms with Crippen molar-refractivity contribution in [2.75, 3.05) is 17.7 Å². The van der Waals surface area contributed by atoms with Gasteiger partial charge in [0.15, 0.2) is 0 Å². The zero-order valence-corrected chi connectivity index (χ0v) is 13.1. The minimum atomic E-state index is -0.530. The number of hydrogen-bond donors (Lipinski definition) is 2. The van der Waals surface area contributed by atoms with Gasteiger partial charge in [-0.2, -0.15) is 5.26 Å². The second kappa shape index (κ2) is 7.87. The summed E-state index contributed by atoms with van der Waals surface area (Å²) in [5.41, 5.74) is 1.09. The van der Waals surface area contributed by atoms with Gasteiger partial charge in [0, 0.05) is 16.9 Å². The number of nitrogens with one attached hydrogen (secondary N) is 2. The molecule has 0 saturated carbocycles. The Balaban J connectivity index is 2.12. The molecule has 5 nitrogen and oxygen atoms in total. The summed E-state index contributed by atoms with van der Waals surface area (Å²) in [6.45, 7) is 0. The maximum Gasteiger partial charge on any atom is 0.267 e. The van der Waals surface area contributed by atoms with Crippen LogP contribution < -0.4 is 15.4 Å². The molecule has 2 aromatic carbocycles. The molecular formula is C17H14ClN3O2. The molecule has 6 heteroatoms. The standard InChI is InChI=1S/C17H14ClN3O2/c1-23-16-8-3-2-7-15(16)20-11-12(10-19)17(22)21-14-6-4-5-13(18)9-14/h2-9,11,20H,1H3,(H,21,22)/b12-11-. The number of carbonyl (C=O) groups is 1. The van der Waals surface area contributed by atoms with Gasteiger partial charge in [-0.3, -0.25) is 4.79 Å². The number of methoxy groups -OCH3 is 1. The zero-order valence-electron chi connectivity index (χ0n) is 12.3. The summed E-state index contributed by atoms with van der Waals surface area (Å²) in [6, 6.07) is 15.7. The van der Waals surface area contributed by atoms with Gasteiger partial charge in [-0.1, -0.05) is 29.8 Å². The van der Waals surface area contributed by atoms with Crippen molar-refractivity contribution in [3.05, 3.63) is 65.3 Å². The Kier molecular flexibility index (Phi) is 5.61. The van der Waals surface area contributed by atoms with Gasteiger partial charge in [0.2, 0.25) is 0 Å². The zero-order chi connectivity index (χ0) is 16.7. The minimum absolute atomic E-state index is 0.0733. The van der Waals surface area contributed by atoms with Crippen LogP contribution in [-0.4, -0.2) is 13.0 Å². The molecular weight excluding hydrogens is 314 g/mol. The lowest BCUT2D eigenvalue weighted by Gasteiger charge is -2.08. The van der Waals surface area contributed by atoms with E-state index in [1.807, 2.05) is 18.2 Å². The van der Waals surface area contributed by atoms with E-state index in [9.17, 15) is 4.79 Å². The molecule has 0 radical (unpaired) electrons. The predicted molar refractivity (Wildman–Crippen MR) is 90.4 cm³/mol. The first kappa shape index (κ1) is 16.4. The Morgan fingerprint density at radius 3 is 2.74 bits per heavy atom. The number of carbonyl (C=O) groups excluding carboxylic acids is 1. The van der Waals surface area contributed by atoms with Crippen LogP contribution in [0.5, 0.6) is 5.75 Å². The van der Waals surface area contributed by atoms with Crippen molar-refractivity contribution >= 4 is 28.9 Å². The van der Waals surface area contributed by atoms with E-state index in [-0.39, 0.29) is 5.57 Å². The van der Waals surface area contributed by atoms with Crippen LogP contribution in [-0.2, 0) is 4.79 Å². The van der Waals surface area contributed by atoms with E-state index < -0.39 is 5.91 Å². The van der Waals surface area contributed by atoms with Gasteiger partial charge in [0.05, 0.1) is 12.8 Å². The van der Waals surface area contributed by atoms with Crippen LogP contribution in [0.4, 0.5) is 11.4 Å². The quantitative estimate of drug-likeness (QED) is 0.647. The molecule has 116 valence electrons. The van der Waals surface area contributed by atoms with Crippen LogP contribution >= 0.6 is 11.6 Å². The number of amides is 1. The summed E-state index contributed by atoms with van der Waals surface area (Å²) in [7, 11) is 1.54. The third-order valence-electron chi connectivity index (χ3n) is 2.93. The second-order valence-electron chi connectivity index (χ2n) is 4.48. The molecule has 0 spiro atoms. The third kappa shape index (κ3) is 4.50. The van der Waals surface area contributed by atoms with Gasteiger partial charge in [0.1, 0.15) is 17.4 Å². The summed E-state index contributed by atoms with van der Waals surface area (Å²) in [5, 5.41) is 15.2. The maximum atomic E-state index is 12.1. The topological polar surface area (TPSA) is 74.1 Å². The average Bonchev–Trinajstić information content (AvgIpc) is 2.55. The van der Waals surface area contributed by atoms with Gasteiger partial charge >= 0.3 is 0 Å². The van der Waals surface area contributed by atoms with Crippen LogP contribution in [0.1, 0.15) is 0 Å². The van der Waals surface area contributed by atoms with Crippen molar-refractivity contribution in [3.63, 3.8) is 0 Å². The number of ether oxygens (including phenoxy) is 1. The van der Waals surface area contributed by atoms with Gasteiger partial charge in [-0.25, -0.2) is 0 Å². The van der Waals surface area contributed by atoms with E-state index in [0.717, 1.165) is 0 Å². The van der Waals surface area contributed by atoms with Crippen LogP contribution in [0.3, 0.4) is 0 Å². The number of hydrogen-bond acceptors (Lipinski definition) is 4. The predicted octanol–water partition coefficient (Wildman–Crippen LogP) is 3.81. The van der Waals surface area contributed by atoms with Crippen LogP contribution in [0, 0.1) is 11.3 Å². The molecule has 0 aromatic heterocycles. The monoisotopic (exact) mass is 327 g/mol. The highest BCUT2D eigenvalue weighted by Gasteiger charge is 2.10. The van der Waals surface area contributed by atoms with Crippen molar-refractivity contribution in [2.45, 2.75) is 0 Å². The fraction of sp³-hybridized carbons (Fsp3) is 0.0588. The molecule has 0 heterocycles. The summed E-state index contributed by atoms with van der Waals surface area (Å²) < 4.78 is 5.19. The maximum absolute atomic E-state index is 12.1. The lowest BCUT2D eigenvalue weighted by molar-refractivity contribution is -0.112. The lowest BCUT2D eigenvalue weighted by Crippen LogP contribution is -2.14. The average molecular weight is 328 g/mol. The molecule has 0 aliphatic heterocycles. The fourth-order valence-electron chi connectivity index (χ4n) is 1.83. The largest absolute Gasteiger partial charge is 0.495 e. The minimum Gasteiger partial charge on any atom is -0.495 e. The highest BCUT2D eigenvalue weighted by Crippen LogP contribution is 2.23. The summed E-state index contributed by atoms with van der Waals surface area (Å²) in [6.07, 6.45) is 1.33. The third-order valence-corrected chi connectivity index (χ3v) is 3.16. The van der Waals surface area contributed by atoms with E-state index in [1.165, 1.54) is 6.20 Å². The Bertz CT molecular complexity index is 781. The smallest absolute Gasteiger partial charge is 0.267 e. The first-order valence-electron chi connectivity index (χ1n) is 6.71. The Labute approximate surface area is 139 Å². The summed E-state index contributed by atoms with van der Waals surface area (Å²) in [5.74, 6) is 0.0773.